The molecule has 1 unspecified atom stereocenters. The Kier molecular flexibility index (Phi) is 7.83. The molecule has 0 bridgehead atoms. The summed E-state index contributed by atoms with van der Waals surface area (Å²) in [6, 6.07) is 21.7. The Morgan fingerprint density at radius 2 is 1.26 bits per heavy atom. The molecule has 0 N–H and O–H groups in total. The molecule has 2 aromatic carbocycles. The number of hydrogen-bond acceptors (Lipinski definition) is 2. The van der Waals surface area contributed by atoms with E-state index in [-0.39, 0.29) is 0 Å². The normalized spacial score (nSPS) is 16.3. The van der Waals surface area contributed by atoms with E-state index < -0.39 is 0 Å². The molecule has 0 saturated carbocycles. The summed E-state index contributed by atoms with van der Waals surface area (Å²) in [5.74, 6) is 0. The zero-order valence-corrected chi connectivity index (χ0v) is 16.8. The number of rotatable bonds is 11. The average molecular weight is 363 g/mol. The van der Waals surface area contributed by atoms with Crippen LogP contribution < -0.4 is 0 Å². The highest BCUT2D eigenvalue weighted by molar-refractivity contribution is 5.19. The maximum atomic E-state index is 2.55. The van der Waals surface area contributed by atoms with Gasteiger partial charge in [0, 0.05) is 31.9 Å². The van der Waals surface area contributed by atoms with Gasteiger partial charge in [-0.1, -0.05) is 99.7 Å². The lowest BCUT2D eigenvalue weighted by molar-refractivity contribution is 0.144. The molecule has 0 radical (unpaired) electrons. The molecule has 144 valence electrons. The Balaban J connectivity index is 1.59. The van der Waals surface area contributed by atoms with E-state index in [0.717, 1.165) is 19.5 Å². The van der Waals surface area contributed by atoms with E-state index in [4.69, 9.17) is 0 Å². The first-order valence-electron chi connectivity index (χ1n) is 10.6. The molecule has 0 aromatic heterocycles. The second kappa shape index (κ2) is 10.8. The first-order chi connectivity index (χ1) is 13.4. The Morgan fingerprint density at radius 1 is 0.667 bits per heavy atom. The molecule has 0 saturated heterocycles. The highest BCUT2D eigenvalue weighted by atomic mass is 15.4. The molecule has 1 aliphatic rings. The van der Waals surface area contributed by atoms with Crippen LogP contribution in [-0.2, 0) is 13.0 Å². The van der Waals surface area contributed by atoms with E-state index in [1.54, 1.807) is 0 Å². The zero-order valence-electron chi connectivity index (χ0n) is 16.8. The third-order valence-electron chi connectivity index (χ3n) is 5.45. The minimum atomic E-state index is 0.420. The van der Waals surface area contributed by atoms with Crippen molar-refractivity contribution in [3.8, 4) is 0 Å². The Morgan fingerprint density at radius 3 is 1.96 bits per heavy atom. The molecule has 2 aromatic rings. The topological polar surface area (TPSA) is 6.48 Å². The molecule has 1 heterocycles. The summed E-state index contributed by atoms with van der Waals surface area (Å²) < 4.78 is 0. The van der Waals surface area contributed by atoms with E-state index in [9.17, 15) is 0 Å². The van der Waals surface area contributed by atoms with Crippen molar-refractivity contribution in [1.82, 2.24) is 9.80 Å². The fraction of sp³-hybridized carbons (Fsp3) is 0.440. The van der Waals surface area contributed by atoms with Crippen LogP contribution in [0.1, 0.15) is 56.6 Å². The highest BCUT2D eigenvalue weighted by Crippen LogP contribution is 2.23. The lowest BCUT2D eigenvalue weighted by atomic mass is 10.1. The van der Waals surface area contributed by atoms with Gasteiger partial charge in [0.2, 0.25) is 0 Å². The van der Waals surface area contributed by atoms with E-state index in [0.29, 0.717) is 6.17 Å². The van der Waals surface area contributed by atoms with Gasteiger partial charge in [-0.25, -0.2) is 0 Å². The number of unbranched alkanes of at least 4 members (excludes halogenated alkanes) is 5. The van der Waals surface area contributed by atoms with Gasteiger partial charge in [-0.3, -0.25) is 0 Å². The van der Waals surface area contributed by atoms with Crippen LogP contribution in [0.4, 0.5) is 0 Å². The quantitative estimate of drug-likeness (QED) is 0.439. The Labute approximate surface area is 165 Å². The minimum Gasteiger partial charge on any atom is -0.356 e. The second-order valence-electron chi connectivity index (χ2n) is 7.63. The van der Waals surface area contributed by atoms with E-state index in [1.165, 1.54) is 49.7 Å². The van der Waals surface area contributed by atoms with Crippen molar-refractivity contribution in [3.63, 3.8) is 0 Å². The summed E-state index contributed by atoms with van der Waals surface area (Å²) in [7, 11) is 0. The predicted molar refractivity (Wildman–Crippen MR) is 115 cm³/mol. The first kappa shape index (κ1) is 19.5. The highest BCUT2D eigenvalue weighted by Gasteiger charge is 2.26. The second-order valence-corrected chi connectivity index (χ2v) is 7.63. The van der Waals surface area contributed by atoms with Crippen molar-refractivity contribution in [2.24, 2.45) is 0 Å². The molecule has 27 heavy (non-hydrogen) atoms. The average Bonchev–Trinajstić information content (AvgIpc) is 3.07. The standard InChI is InChI=1S/C25H34N2/c1-2-3-4-5-6-13-18-26-19-20-27(22-24-16-11-8-12-17-24)25(26)21-23-14-9-7-10-15-23/h7-12,14-17,19-20,25H,2-6,13,18,21-22H2,1H3. The maximum absolute atomic E-state index is 2.55. The third-order valence-corrected chi connectivity index (χ3v) is 5.45. The molecule has 2 nitrogen and oxygen atoms in total. The van der Waals surface area contributed by atoms with Gasteiger partial charge in [-0.05, 0) is 17.5 Å². The van der Waals surface area contributed by atoms with Crippen LogP contribution in [0.15, 0.2) is 73.1 Å². The largest absolute Gasteiger partial charge is 0.356 e. The number of hydrogen-bond donors (Lipinski definition) is 0. The smallest absolute Gasteiger partial charge is 0.105 e. The summed E-state index contributed by atoms with van der Waals surface area (Å²) in [6.07, 6.45) is 14.2. The number of benzene rings is 2. The lowest BCUT2D eigenvalue weighted by Gasteiger charge is -2.33. The van der Waals surface area contributed by atoms with E-state index in [1.807, 2.05) is 0 Å². The molecule has 1 aliphatic heterocycles. The van der Waals surface area contributed by atoms with Gasteiger partial charge < -0.3 is 9.80 Å². The zero-order chi connectivity index (χ0) is 18.7. The molecule has 0 amide bonds. The summed E-state index contributed by atoms with van der Waals surface area (Å²) in [5, 5.41) is 0. The van der Waals surface area contributed by atoms with Gasteiger partial charge in [0.05, 0.1) is 0 Å². The van der Waals surface area contributed by atoms with E-state index >= 15 is 0 Å². The van der Waals surface area contributed by atoms with Crippen LogP contribution in [0, 0.1) is 0 Å². The van der Waals surface area contributed by atoms with Crippen LogP contribution in [-0.4, -0.2) is 22.5 Å². The fourth-order valence-corrected chi connectivity index (χ4v) is 3.87. The predicted octanol–water partition coefficient (Wildman–Crippen LogP) is 6.20. The van der Waals surface area contributed by atoms with Gasteiger partial charge in [0.1, 0.15) is 6.17 Å². The first-order valence-corrected chi connectivity index (χ1v) is 10.6. The Bertz CT molecular complexity index is 665. The van der Waals surface area contributed by atoms with Crippen molar-refractivity contribution in [2.45, 2.75) is 64.6 Å². The monoisotopic (exact) mass is 362 g/mol. The van der Waals surface area contributed by atoms with Crippen molar-refractivity contribution < 1.29 is 0 Å². The van der Waals surface area contributed by atoms with Crippen LogP contribution >= 0.6 is 0 Å². The van der Waals surface area contributed by atoms with Gasteiger partial charge in [0.25, 0.3) is 0 Å². The minimum absolute atomic E-state index is 0.420. The van der Waals surface area contributed by atoms with E-state index in [2.05, 4.69) is 89.8 Å². The summed E-state index contributed by atoms with van der Waals surface area (Å²) in [4.78, 5) is 5.05. The summed E-state index contributed by atoms with van der Waals surface area (Å²) in [6.45, 7) is 4.41. The molecule has 0 spiro atoms. The molecule has 3 rings (SSSR count). The summed E-state index contributed by atoms with van der Waals surface area (Å²) in [5.41, 5.74) is 2.79. The van der Waals surface area contributed by atoms with Crippen molar-refractivity contribution in [2.75, 3.05) is 6.54 Å². The summed E-state index contributed by atoms with van der Waals surface area (Å²) >= 11 is 0. The molecular weight excluding hydrogens is 328 g/mol. The van der Waals surface area contributed by atoms with Crippen molar-refractivity contribution in [3.05, 3.63) is 84.2 Å². The van der Waals surface area contributed by atoms with Gasteiger partial charge >= 0.3 is 0 Å². The number of nitrogens with zero attached hydrogens (tertiary/aromatic N) is 2. The molecule has 0 fully saturated rings. The van der Waals surface area contributed by atoms with Gasteiger partial charge in [0.15, 0.2) is 0 Å². The molecular formula is C25H34N2. The van der Waals surface area contributed by atoms with Crippen molar-refractivity contribution in [1.29, 1.82) is 0 Å². The maximum Gasteiger partial charge on any atom is 0.105 e. The third kappa shape index (κ3) is 6.16. The van der Waals surface area contributed by atoms with Crippen LogP contribution in [0.5, 0.6) is 0 Å². The molecule has 1 atom stereocenters. The van der Waals surface area contributed by atoms with Crippen LogP contribution in [0.3, 0.4) is 0 Å². The van der Waals surface area contributed by atoms with Crippen LogP contribution in [0.2, 0.25) is 0 Å². The van der Waals surface area contributed by atoms with Crippen LogP contribution in [0.25, 0.3) is 0 Å². The molecule has 2 heteroatoms. The fourth-order valence-electron chi connectivity index (χ4n) is 3.87. The van der Waals surface area contributed by atoms with Gasteiger partial charge in [-0.15, -0.1) is 0 Å². The SMILES string of the molecule is CCCCCCCCN1C=CN(Cc2ccccc2)C1Cc1ccccc1. The van der Waals surface area contributed by atoms with Crippen molar-refractivity contribution >= 4 is 0 Å². The van der Waals surface area contributed by atoms with Gasteiger partial charge in [-0.2, -0.15) is 0 Å². The Hall–Kier alpha value is -2.22. The molecule has 0 aliphatic carbocycles. The lowest BCUT2D eigenvalue weighted by Crippen LogP contribution is -2.40.